The summed E-state index contributed by atoms with van der Waals surface area (Å²) in [5, 5.41) is 0. The third kappa shape index (κ3) is 14.3. The predicted octanol–water partition coefficient (Wildman–Crippen LogP) is 13.2. The molecular weight excluding hydrogens is 873 g/mol. The molecule has 2 nitrogen and oxygen atoms in total. The van der Waals surface area contributed by atoms with Gasteiger partial charge in [-0.3, -0.25) is 18.7 Å². The molecule has 0 aliphatic heterocycles. The van der Waals surface area contributed by atoms with Gasteiger partial charge >= 0.3 is 28.2 Å². The van der Waals surface area contributed by atoms with Crippen molar-refractivity contribution in [3.63, 3.8) is 0 Å². The molecule has 54 heavy (non-hydrogen) atoms. The van der Waals surface area contributed by atoms with E-state index in [-0.39, 0.29) is 11.1 Å². The number of nitrogens with zero attached hydrogens (tertiary/aromatic N) is 2. The second-order valence-electron chi connectivity index (χ2n) is 13.5. The minimum atomic E-state index is -0.742. The zero-order valence-electron chi connectivity index (χ0n) is 31.4. The number of benzene rings is 3. The van der Waals surface area contributed by atoms with Crippen molar-refractivity contribution in [2.75, 3.05) is 0 Å². The molecule has 3 aromatic carbocycles. The first-order valence-electron chi connectivity index (χ1n) is 19.2. The van der Waals surface area contributed by atoms with Crippen LogP contribution in [0.4, 0.5) is 8.78 Å². The van der Waals surface area contributed by atoms with Gasteiger partial charge in [-0.05, 0) is 61.1 Å². The quantitative estimate of drug-likeness (QED) is 0.0560. The van der Waals surface area contributed by atoms with Crippen LogP contribution in [-0.4, -0.2) is 9.97 Å². The van der Waals surface area contributed by atoms with Gasteiger partial charge in [-0.1, -0.05) is 167 Å². The summed E-state index contributed by atoms with van der Waals surface area (Å²) in [6.07, 6.45) is 20.9. The van der Waals surface area contributed by atoms with Crippen LogP contribution in [0.3, 0.4) is 0 Å². The summed E-state index contributed by atoms with van der Waals surface area (Å²) in [4.78, 5) is 8.85. The number of aryl methyl sites for hydroxylation is 2. The first-order chi connectivity index (χ1) is 26.5. The van der Waals surface area contributed by atoms with E-state index in [1.807, 2.05) is 0 Å². The molecule has 6 heteroatoms. The van der Waals surface area contributed by atoms with E-state index in [9.17, 15) is 8.78 Å². The number of aromatic nitrogens is 2. The average Bonchev–Trinajstić information content (AvgIpc) is 3.21. The molecule has 0 atom stereocenters. The van der Waals surface area contributed by atoms with Crippen LogP contribution in [0.25, 0.3) is 22.5 Å². The minimum absolute atomic E-state index is 0.0717. The number of pyridine rings is 2. The third-order valence-corrected chi connectivity index (χ3v) is 9.27. The van der Waals surface area contributed by atoms with Crippen molar-refractivity contribution in [1.29, 1.82) is 0 Å². The predicted molar refractivity (Wildman–Crippen MR) is 217 cm³/mol. The van der Waals surface area contributed by atoms with E-state index in [2.05, 4.69) is 112 Å². The maximum atomic E-state index is 15.0. The van der Waals surface area contributed by atoms with E-state index >= 15 is 0 Å². The van der Waals surface area contributed by atoms with Gasteiger partial charge in [0.25, 0.3) is 0 Å². The Morgan fingerprint density at radius 3 is 1.22 bits per heavy atom. The Bertz CT molecular complexity index is 1830. The molecule has 0 saturated heterocycles. The van der Waals surface area contributed by atoms with Gasteiger partial charge in [0.2, 0.25) is 0 Å². The molecule has 0 spiro atoms. The van der Waals surface area contributed by atoms with Gasteiger partial charge in [0.05, 0.1) is 11.6 Å². The molecule has 0 aliphatic carbocycles. The molecule has 2 heterocycles. The van der Waals surface area contributed by atoms with E-state index in [1.165, 1.54) is 88.2 Å². The van der Waals surface area contributed by atoms with Crippen molar-refractivity contribution in [2.45, 2.75) is 104 Å². The summed E-state index contributed by atoms with van der Waals surface area (Å²) in [7, 11) is 4.61. The van der Waals surface area contributed by atoms with E-state index in [0.717, 1.165) is 30.0 Å². The Labute approximate surface area is 337 Å². The van der Waals surface area contributed by atoms with E-state index in [4.69, 9.17) is 0 Å². The van der Waals surface area contributed by atoms with Crippen molar-refractivity contribution >= 4 is 9.42 Å². The number of hydrogen-bond acceptors (Lipinski definition) is 2. The van der Waals surface area contributed by atoms with E-state index in [1.54, 1.807) is 55.4 Å². The number of hydrogen-bond donors (Lipinski definition) is 0. The van der Waals surface area contributed by atoms with Crippen LogP contribution in [0.1, 0.15) is 124 Å². The Hall–Kier alpha value is -4.08. The van der Waals surface area contributed by atoms with Gasteiger partial charge in [-0.15, -0.1) is 6.07 Å². The van der Waals surface area contributed by atoms with Gasteiger partial charge in [-0.25, -0.2) is 0 Å². The van der Waals surface area contributed by atoms with Crippen LogP contribution in [0, 0.1) is 41.4 Å². The molecule has 0 bridgehead atoms. The maximum absolute atomic E-state index is 15.0. The molecule has 282 valence electrons. The standard InChI is InChI=1S/C48H49F2N2.ClH.Pt/c1-3-5-7-9-11-13-15-37-17-21-39(22-18-37)25-27-41-29-31-47(51-35-41)43-33-44(46(50)34-45(43)49)48-32-30-42(36-52-48)28-26-40-23-19-38(20-24-40)16-14-12-10-8-6-4-2;;/h17-24,29-32,34-36H,3-16H2,1-2H3;1H;/q-1;;+2/p-1. The summed E-state index contributed by atoms with van der Waals surface area (Å²) in [5.41, 5.74) is 6.73. The number of halogens is 3. The summed E-state index contributed by atoms with van der Waals surface area (Å²) in [5.74, 6) is 11.2. The van der Waals surface area contributed by atoms with Crippen LogP contribution < -0.4 is 0 Å². The Balaban J connectivity index is 0.00000319. The molecular formula is C48H49ClF2N2Pt. The van der Waals surface area contributed by atoms with Crippen LogP contribution in [0.2, 0.25) is 0 Å². The third-order valence-electron chi connectivity index (χ3n) is 9.27. The van der Waals surface area contributed by atoms with Crippen molar-refractivity contribution in [3.8, 4) is 46.2 Å². The Morgan fingerprint density at radius 2 is 0.852 bits per heavy atom. The van der Waals surface area contributed by atoms with Gasteiger partial charge in [0, 0.05) is 46.0 Å². The van der Waals surface area contributed by atoms with Crippen LogP contribution in [0.15, 0.2) is 91.3 Å². The van der Waals surface area contributed by atoms with E-state index in [0.29, 0.717) is 22.5 Å². The first-order valence-corrected chi connectivity index (χ1v) is 22.0. The number of rotatable bonds is 16. The molecule has 0 fully saturated rings. The topological polar surface area (TPSA) is 25.8 Å². The van der Waals surface area contributed by atoms with Crippen molar-refractivity contribution in [1.82, 2.24) is 9.97 Å². The molecule has 5 rings (SSSR count). The van der Waals surface area contributed by atoms with E-state index < -0.39 is 11.6 Å². The normalized spacial score (nSPS) is 10.4. The van der Waals surface area contributed by atoms with Crippen molar-refractivity contribution in [3.05, 3.63) is 142 Å². The first kappa shape index (κ1) is 42.7. The molecule has 5 aromatic rings. The molecule has 0 amide bonds. The fourth-order valence-corrected chi connectivity index (χ4v) is 6.12. The molecule has 0 unspecified atom stereocenters. The van der Waals surface area contributed by atoms with Gasteiger partial charge in [0.15, 0.2) is 0 Å². The monoisotopic (exact) mass is 921 g/mol. The zero-order valence-corrected chi connectivity index (χ0v) is 34.4. The Morgan fingerprint density at radius 1 is 0.500 bits per heavy atom. The van der Waals surface area contributed by atoms with Crippen LogP contribution in [-0.2, 0) is 31.6 Å². The summed E-state index contributed by atoms with van der Waals surface area (Å²) in [6.45, 7) is 4.48. The molecule has 0 radical (unpaired) electrons. The molecule has 2 aromatic heterocycles. The van der Waals surface area contributed by atoms with Crippen LogP contribution >= 0.6 is 9.42 Å². The summed E-state index contributed by atoms with van der Waals surface area (Å²) >= 11 is 1.61. The number of unbranched alkanes of at least 4 members (excludes halogenated alkanes) is 10. The second kappa shape index (κ2) is 24.4. The Kier molecular flexibility index (Phi) is 19.2. The van der Waals surface area contributed by atoms with Gasteiger partial charge in [0.1, 0.15) is 0 Å². The SMILES string of the molecule is CCCCCCCCc1ccc(C#Cc2ccc(-c3[c-]c(-c4ccc(C#Cc5ccc(CCCCCCCC)cc5)cn4)c(F)cc3F)nc2)cc1.[Cl][Pt+]. The van der Waals surface area contributed by atoms with Gasteiger partial charge < -0.3 is 0 Å². The molecule has 0 saturated carbocycles. The summed E-state index contributed by atoms with van der Waals surface area (Å²) in [6, 6.07) is 27.5. The van der Waals surface area contributed by atoms with Gasteiger partial charge in [-0.2, -0.15) is 0 Å². The molecule has 0 N–H and O–H groups in total. The average molecular weight is 922 g/mol. The fourth-order valence-electron chi connectivity index (χ4n) is 6.12. The fraction of sp³-hybridized carbons (Fsp3) is 0.333. The van der Waals surface area contributed by atoms with Crippen LogP contribution in [0.5, 0.6) is 0 Å². The second-order valence-corrected chi connectivity index (χ2v) is 13.5. The zero-order chi connectivity index (χ0) is 38.4. The van der Waals surface area contributed by atoms with Crippen molar-refractivity contribution in [2.24, 2.45) is 0 Å². The summed E-state index contributed by atoms with van der Waals surface area (Å²) < 4.78 is 29.9. The van der Waals surface area contributed by atoms with Crippen molar-refractivity contribution < 1.29 is 27.6 Å². The molecule has 0 aliphatic rings.